The summed E-state index contributed by atoms with van der Waals surface area (Å²) < 4.78 is 39.3. The summed E-state index contributed by atoms with van der Waals surface area (Å²) in [5.74, 6) is -1.52. The van der Waals surface area contributed by atoms with E-state index in [4.69, 9.17) is 4.74 Å². The van der Waals surface area contributed by atoms with E-state index in [2.05, 4.69) is 26.3 Å². The van der Waals surface area contributed by atoms with Crippen LogP contribution in [0.15, 0.2) is 47.7 Å². The molecular weight excluding hydrogens is 510 g/mol. The minimum Gasteiger partial charge on any atom is -0.490 e. The number of halogens is 2. The lowest BCUT2D eigenvalue weighted by Crippen LogP contribution is -2.35. The number of nitrogens with one attached hydrogen (secondary N) is 1. The van der Waals surface area contributed by atoms with Gasteiger partial charge in [0, 0.05) is 13.0 Å². The Hall–Kier alpha value is -4.67. The second kappa shape index (κ2) is 9.57. The largest absolute Gasteiger partial charge is 0.490 e. The topological polar surface area (TPSA) is 136 Å². The number of benzene rings is 2. The van der Waals surface area contributed by atoms with Crippen molar-refractivity contribution in [2.24, 2.45) is 0 Å². The van der Waals surface area contributed by atoms with Crippen molar-refractivity contribution < 1.29 is 18.6 Å². The molecule has 198 valence electrons. The molecule has 0 radical (unpaired) electrons. The van der Waals surface area contributed by atoms with Gasteiger partial charge in [0.05, 0.1) is 59.7 Å². The smallest absolute Gasteiger partial charge is 0.331 e. The quantitative estimate of drug-likeness (QED) is 0.339. The van der Waals surface area contributed by atoms with Gasteiger partial charge in [0.2, 0.25) is 5.95 Å². The fraction of sp³-hybridized carbons (Fsp3) is 0.269. The molecule has 2 atom stereocenters. The first-order valence-electron chi connectivity index (χ1n) is 12.2. The third-order valence-electron chi connectivity index (χ3n) is 6.80. The van der Waals surface area contributed by atoms with Crippen molar-refractivity contribution in [2.45, 2.75) is 25.1 Å². The molecule has 0 saturated heterocycles. The molecule has 39 heavy (non-hydrogen) atoms. The zero-order chi connectivity index (χ0) is 27.3. The molecule has 6 rings (SSSR count). The first-order valence-corrected chi connectivity index (χ1v) is 12.2. The molecule has 0 bridgehead atoms. The van der Waals surface area contributed by atoms with E-state index in [0.717, 1.165) is 12.1 Å². The summed E-state index contributed by atoms with van der Waals surface area (Å²) in [6, 6.07) is 8.15. The Balaban J connectivity index is 1.60. The van der Waals surface area contributed by atoms with Crippen molar-refractivity contribution in [1.82, 2.24) is 34.0 Å². The van der Waals surface area contributed by atoms with Crippen molar-refractivity contribution >= 4 is 22.2 Å². The molecule has 13 heteroatoms. The highest BCUT2D eigenvalue weighted by Crippen LogP contribution is 2.39. The Morgan fingerprint density at radius 2 is 2.05 bits per heavy atom. The van der Waals surface area contributed by atoms with Gasteiger partial charge < -0.3 is 15.2 Å². The SMILES string of the molecule is CNCC(O)Cn1c(=O)n(C2CCOc3c(F)ccc(F)c32)c2nc(-n3cnc4ccc(C#N)cc43)ncc21. The van der Waals surface area contributed by atoms with E-state index < -0.39 is 29.5 Å². The van der Waals surface area contributed by atoms with Gasteiger partial charge in [-0.1, -0.05) is 0 Å². The molecule has 1 aliphatic heterocycles. The zero-order valence-electron chi connectivity index (χ0n) is 20.7. The lowest BCUT2D eigenvalue weighted by atomic mass is 9.99. The normalized spacial score (nSPS) is 15.7. The Morgan fingerprint density at radius 1 is 1.23 bits per heavy atom. The van der Waals surface area contributed by atoms with Gasteiger partial charge in [0.25, 0.3) is 0 Å². The highest BCUT2D eigenvalue weighted by molar-refractivity contribution is 5.79. The zero-order valence-corrected chi connectivity index (χ0v) is 20.7. The van der Waals surface area contributed by atoms with E-state index in [1.54, 1.807) is 29.8 Å². The van der Waals surface area contributed by atoms with E-state index in [0.29, 0.717) is 22.1 Å². The number of ether oxygens (including phenoxy) is 1. The van der Waals surface area contributed by atoms with Crippen LogP contribution in [-0.4, -0.2) is 60.1 Å². The number of likely N-dealkylation sites (N-methyl/N-ethyl adjacent to an activating group) is 1. The van der Waals surface area contributed by atoms with Gasteiger partial charge >= 0.3 is 5.69 Å². The summed E-state index contributed by atoms with van der Waals surface area (Å²) >= 11 is 0. The van der Waals surface area contributed by atoms with Crippen LogP contribution in [0.5, 0.6) is 5.75 Å². The van der Waals surface area contributed by atoms with Crippen LogP contribution in [0.1, 0.15) is 23.6 Å². The number of hydrogen-bond donors (Lipinski definition) is 2. The maximum absolute atomic E-state index is 15.1. The summed E-state index contributed by atoms with van der Waals surface area (Å²) in [7, 11) is 1.67. The number of aliphatic hydroxyl groups is 1. The third kappa shape index (κ3) is 4.01. The van der Waals surface area contributed by atoms with Gasteiger partial charge in [-0.3, -0.25) is 13.7 Å². The van der Waals surface area contributed by atoms with Gasteiger partial charge in [-0.25, -0.2) is 23.5 Å². The molecule has 0 aliphatic carbocycles. The highest BCUT2D eigenvalue weighted by Gasteiger charge is 2.33. The number of rotatable bonds is 6. The van der Waals surface area contributed by atoms with Crippen molar-refractivity contribution in [3.8, 4) is 17.8 Å². The number of aromatic nitrogens is 6. The van der Waals surface area contributed by atoms with Crippen LogP contribution in [-0.2, 0) is 6.54 Å². The molecule has 11 nitrogen and oxygen atoms in total. The van der Waals surface area contributed by atoms with Crippen molar-refractivity contribution in [3.63, 3.8) is 0 Å². The average molecular weight is 533 g/mol. The molecule has 2 N–H and O–H groups in total. The van der Waals surface area contributed by atoms with Gasteiger partial charge in [0.15, 0.2) is 17.2 Å². The Bertz CT molecular complexity index is 1840. The van der Waals surface area contributed by atoms with Crippen LogP contribution < -0.4 is 15.7 Å². The fourth-order valence-corrected chi connectivity index (χ4v) is 5.05. The second-order valence-corrected chi connectivity index (χ2v) is 9.21. The van der Waals surface area contributed by atoms with Crippen molar-refractivity contribution in [3.05, 3.63) is 76.1 Å². The van der Waals surface area contributed by atoms with E-state index in [9.17, 15) is 19.6 Å². The first kappa shape index (κ1) is 24.7. The minimum absolute atomic E-state index is 0.0561. The summed E-state index contributed by atoms with van der Waals surface area (Å²) in [4.78, 5) is 27.3. The molecule has 2 aromatic carbocycles. The summed E-state index contributed by atoms with van der Waals surface area (Å²) in [6.45, 7) is 0.202. The number of aliphatic hydroxyl groups excluding tert-OH is 1. The Kier molecular flexibility index (Phi) is 6.05. The Labute approximate surface area is 219 Å². The van der Waals surface area contributed by atoms with Crippen molar-refractivity contribution in [1.29, 1.82) is 5.26 Å². The van der Waals surface area contributed by atoms with Crippen LogP contribution in [0.4, 0.5) is 8.78 Å². The van der Waals surface area contributed by atoms with Gasteiger partial charge in [0.1, 0.15) is 17.7 Å². The molecule has 0 saturated carbocycles. The van der Waals surface area contributed by atoms with Gasteiger partial charge in [-0.15, -0.1) is 0 Å². The van der Waals surface area contributed by atoms with Gasteiger partial charge in [-0.2, -0.15) is 10.2 Å². The summed E-state index contributed by atoms with van der Waals surface area (Å²) in [5.41, 5.74) is 1.45. The maximum atomic E-state index is 15.1. The Morgan fingerprint density at radius 3 is 2.85 bits per heavy atom. The molecule has 0 spiro atoms. The lowest BCUT2D eigenvalue weighted by Gasteiger charge is -2.27. The standard InChI is InChI=1S/C26H22F2N8O3/c1-30-10-15(37)12-34-21-11-31-25(35-13-32-18-5-2-14(9-29)8-20(18)35)33-24(21)36(26(34)38)19-6-7-39-23-17(28)4-3-16(27)22(19)23/h2-5,8,11,13,15,19,30,37H,6-7,10,12H2,1H3. The molecule has 4 heterocycles. The minimum atomic E-state index is -0.922. The number of nitrogens with zero attached hydrogens (tertiary/aromatic N) is 7. The van der Waals surface area contributed by atoms with E-state index in [-0.39, 0.29) is 49.0 Å². The van der Waals surface area contributed by atoms with E-state index in [1.807, 2.05) is 0 Å². The molecule has 0 amide bonds. The fourth-order valence-electron chi connectivity index (χ4n) is 5.05. The first-order chi connectivity index (χ1) is 18.9. The molecule has 1 aliphatic rings. The average Bonchev–Trinajstić information content (AvgIpc) is 3.48. The molecule has 5 aromatic rings. The number of nitriles is 1. The van der Waals surface area contributed by atoms with Crippen LogP contribution in [0, 0.1) is 23.0 Å². The van der Waals surface area contributed by atoms with E-state index >= 15 is 4.39 Å². The van der Waals surface area contributed by atoms with Gasteiger partial charge in [-0.05, 0) is 37.4 Å². The second-order valence-electron chi connectivity index (χ2n) is 9.21. The molecule has 2 unspecified atom stereocenters. The monoisotopic (exact) mass is 532 g/mol. The third-order valence-corrected chi connectivity index (χ3v) is 6.80. The van der Waals surface area contributed by atoms with Crippen molar-refractivity contribution in [2.75, 3.05) is 20.2 Å². The highest BCUT2D eigenvalue weighted by atomic mass is 19.1. The lowest BCUT2D eigenvalue weighted by molar-refractivity contribution is 0.153. The summed E-state index contributed by atoms with van der Waals surface area (Å²) in [5, 5.41) is 22.7. The number of fused-ring (bicyclic) bond motifs is 3. The number of hydrogen-bond acceptors (Lipinski definition) is 8. The predicted molar refractivity (Wildman–Crippen MR) is 136 cm³/mol. The summed E-state index contributed by atoms with van der Waals surface area (Å²) in [6.07, 6.45) is 2.22. The van der Waals surface area contributed by atoms with Crippen LogP contribution >= 0.6 is 0 Å². The predicted octanol–water partition coefficient (Wildman–Crippen LogP) is 2.03. The van der Waals surface area contributed by atoms with E-state index in [1.165, 1.54) is 21.7 Å². The molecule has 0 fully saturated rings. The molecular formula is C26H22F2N8O3. The van der Waals surface area contributed by atoms with Crippen LogP contribution in [0.25, 0.3) is 28.1 Å². The van der Waals surface area contributed by atoms with Crippen LogP contribution in [0.2, 0.25) is 0 Å². The maximum Gasteiger partial charge on any atom is 0.331 e. The van der Waals surface area contributed by atoms with Crippen LogP contribution in [0.3, 0.4) is 0 Å². The number of imidazole rings is 2. The molecule has 3 aromatic heterocycles.